The van der Waals surface area contributed by atoms with E-state index in [1.165, 1.54) is 26.4 Å². The van der Waals surface area contributed by atoms with E-state index in [4.69, 9.17) is 9.47 Å². The summed E-state index contributed by atoms with van der Waals surface area (Å²) in [5.74, 6) is 0.346. The lowest BCUT2D eigenvalue weighted by Crippen LogP contribution is -2.14. The van der Waals surface area contributed by atoms with E-state index in [0.717, 1.165) is 21.4 Å². The topological polar surface area (TPSA) is 95.7 Å². The number of fused-ring (bicyclic) bond motifs is 1. The highest BCUT2D eigenvalue weighted by Crippen LogP contribution is 2.28. The highest BCUT2D eigenvalue weighted by molar-refractivity contribution is 7.16. The molecule has 0 fully saturated rings. The van der Waals surface area contributed by atoms with Gasteiger partial charge in [-0.2, -0.15) is 0 Å². The summed E-state index contributed by atoms with van der Waals surface area (Å²) in [6.45, 7) is 0. The Kier molecular flexibility index (Phi) is 5.18. The van der Waals surface area contributed by atoms with Crippen LogP contribution in [0.1, 0.15) is 15.9 Å². The number of nitro groups is 1. The van der Waals surface area contributed by atoms with E-state index in [9.17, 15) is 19.7 Å². The number of benzene rings is 2. The Hall–Kier alpha value is -3.26. The summed E-state index contributed by atoms with van der Waals surface area (Å²) in [7, 11) is 2.87. The van der Waals surface area contributed by atoms with Crippen molar-refractivity contribution >= 4 is 32.9 Å². The lowest BCUT2D eigenvalue weighted by Gasteiger charge is -2.06. The van der Waals surface area contributed by atoms with E-state index in [-0.39, 0.29) is 28.2 Å². The van der Waals surface area contributed by atoms with E-state index < -0.39 is 10.7 Å². The van der Waals surface area contributed by atoms with Gasteiger partial charge in [-0.3, -0.25) is 19.7 Å². The van der Waals surface area contributed by atoms with Crippen molar-refractivity contribution in [1.82, 2.24) is 0 Å². The molecule has 2 aromatic carbocycles. The van der Waals surface area contributed by atoms with E-state index in [2.05, 4.69) is 0 Å². The zero-order chi connectivity index (χ0) is 19.6. The highest BCUT2D eigenvalue weighted by atomic mass is 32.1. The normalized spacial score (nSPS) is 10.6. The van der Waals surface area contributed by atoms with Gasteiger partial charge >= 0.3 is 5.69 Å². The number of ether oxygens (including phenoxy) is 2. The van der Waals surface area contributed by atoms with Gasteiger partial charge < -0.3 is 9.47 Å². The van der Waals surface area contributed by atoms with Crippen molar-refractivity contribution in [1.29, 1.82) is 0 Å². The van der Waals surface area contributed by atoms with Crippen LogP contribution in [0, 0.1) is 10.1 Å². The Bertz CT molecular complexity index is 1110. The van der Waals surface area contributed by atoms with Crippen LogP contribution in [0.5, 0.6) is 11.5 Å². The van der Waals surface area contributed by atoms with Crippen molar-refractivity contribution in [2.75, 3.05) is 14.2 Å². The van der Waals surface area contributed by atoms with Gasteiger partial charge in [0.05, 0.1) is 24.7 Å². The molecule has 1 heterocycles. The maximum atomic E-state index is 12.6. The van der Waals surface area contributed by atoms with Crippen molar-refractivity contribution in [2.24, 2.45) is 0 Å². The Morgan fingerprint density at radius 3 is 2.56 bits per heavy atom. The van der Waals surface area contributed by atoms with Crippen molar-refractivity contribution < 1.29 is 19.2 Å². The van der Waals surface area contributed by atoms with Gasteiger partial charge in [0, 0.05) is 17.2 Å². The monoisotopic (exact) mass is 385 g/mol. The van der Waals surface area contributed by atoms with Crippen LogP contribution in [0.15, 0.2) is 47.3 Å². The third-order valence-electron chi connectivity index (χ3n) is 4.05. The molecule has 0 aliphatic rings. The fourth-order valence-electron chi connectivity index (χ4n) is 2.68. The number of carbonyl (C=O) groups excluding carboxylic acids is 1. The zero-order valence-corrected chi connectivity index (χ0v) is 15.4. The van der Waals surface area contributed by atoms with Gasteiger partial charge in [0.15, 0.2) is 11.5 Å². The Morgan fingerprint density at radius 1 is 1.11 bits per heavy atom. The summed E-state index contributed by atoms with van der Waals surface area (Å²) < 4.78 is 10.5. The molecule has 0 amide bonds. The molecular weight excluding hydrogens is 370 g/mol. The first-order valence-electron chi connectivity index (χ1n) is 7.89. The van der Waals surface area contributed by atoms with Gasteiger partial charge in [-0.25, -0.2) is 0 Å². The van der Waals surface area contributed by atoms with Gasteiger partial charge in [0.25, 0.3) is 0 Å². The third-order valence-corrected chi connectivity index (χ3v) is 5.03. The molecule has 1 aromatic heterocycles. The summed E-state index contributed by atoms with van der Waals surface area (Å²) >= 11 is 0.966. The maximum Gasteiger partial charge on any atom is 0.311 e. The molecule has 138 valence electrons. The summed E-state index contributed by atoms with van der Waals surface area (Å²) in [6.07, 6.45) is -0.117. The second kappa shape index (κ2) is 7.55. The molecule has 0 saturated carbocycles. The van der Waals surface area contributed by atoms with Crippen LogP contribution < -0.4 is 14.2 Å². The fraction of sp³-hybridized carbons (Fsp3) is 0.158. The fourth-order valence-corrected chi connectivity index (χ4v) is 3.58. The van der Waals surface area contributed by atoms with Crippen LogP contribution in [0.2, 0.25) is 0 Å². The first-order valence-corrected chi connectivity index (χ1v) is 8.71. The Labute approximate surface area is 157 Å². The molecule has 27 heavy (non-hydrogen) atoms. The molecule has 0 aliphatic carbocycles. The van der Waals surface area contributed by atoms with Crippen LogP contribution in [0.4, 0.5) is 5.69 Å². The van der Waals surface area contributed by atoms with E-state index in [1.807, 2.05) is 0 Å². The molecule has 3 aromatic rings. The largest absolute Gasteiger partial charge is 0.497 e. The first-order chi connectivity index (χ1) is 12.9. The minimum Gasteiger partial charge on any atom is -0.497 e. The molecule has 0 radical (unpaired) electrons. The van der Waals surface area contributed by atoms with E-state index in [1.54, 1.807) is 30.3 Å². The second-order valence-electron chi connectivity index (χ2n) is 5.71. The summed E-state index contributed by atoms with van der Waals surface area (Å²) in [4.78, 5) is 35.5. The van der Waals surface area contributed by atoms with Gasteiger partial charge in [0.2, 0.25) is 4.74 Å². The number of rotatable bonds is 6. The average molecular weight is 385 g/mol. The summed E-state index contributed by atoms with van der Waals surface area (Å²) in [5.41, 5.74) is 0.279. The Morgan fingerprint density at radius 2 is 1.89 bits per heavy atom. The lowest BCUT2D eigenvalue weighted by atomic mass is 10.0. The van der Waals surface area contributed by atoms with Crippen LogP contribution in [0.25, 0.3) is 10.1 Å². The molecule has 0 unspecified atom stereocenters. The summed E-state index contributed by atoms with van der Waals surface area (Å²) in [5, 5.41) is 11.9. The molecule has 0 spiro atoms. The van der Waals surface area contributed by atoms with E-state index >= 15 is 0 Å². The number of Topliss-reactive ketones (excluding diaryl/α,β-unsaturated/α-hetero) is 1. The second-order valence-corrected chi connectivity index (χ2v) is 6.73. The van der Waals surface area contributed by atoms with E-state index in [0.29, 0.717) is 11.3 Å². The van der Waals surface area contributed by atoms with Crippen LogP contribution >= 0.6 is 11.3 Å². The highest BCUT2D eigenvalue weighted by Gasteiger charge is 2.18. The molecule has 8 heteroatoms. The molecule has 0 saturated heterocycles. The van der Waals surface area contributed by atoms with Crippen molar-refractivity contribution in [3.05, 3.63) is 73.2 Å². The number of hydrogen-bond donors (Lipinski definition) is 0. The smallest absolute Gasteiger partial charge is 0.311 e. The predicted molar refractivity (Wildman–Crippen MR) is 102 cm³/mol. The number of methoxy groups -OCH3 is 2. The van der Waals surface area contributed by atoms with Crippen LogP contribution in [-0.4, -0.2) is 24.9 Å². The van der Waals surface area contributed by atoms with Gasteiger partial charge in [-0.1, -0.05) is 17.4 Å². The van der Waals surface area contributed by atoms with Crippen LogP contribution in [-0.2, 0) is 6.42 Å². The third kappa shape index (κ3) is 3.80. The molecule has 0 atom stereocenters. The SMILES string of the molecule is COc1ccc2cc(C(=O)Cc3ccc(OC)c([N+](=O)[O-])c3)c(=O)sc2c1. The standard InChI is InChI=1S/C19H15NO6S/c1-25-13-5-4-12-9-14(19(22)27-18(12)10-13)16(21)8-11-3-6-17(26-2)15(7-11)20(23)24/h3-7,9-10H,8H2,1-2H3. The molecular formula is C19H15NO6S. The van der Waals surface area contributed by atoms with Crippen molar-refractivity contribution in [2.45, 2.75) is 6.42 Å². The Balaban J connectivity index is 1.94. The lowest BCUT2D eigenvalue weighted by molar-refractivity contribution is -0.385. The van der Waals surface area contributed by atoms with Crippen molar-refractivity contribution in [3.8, 4) is 11.5 Å². The van der Waals surface area contributed by atoms with Gasteiger partial charge in [0.1, 0.15) is 5.75 Å². The van der Waals surface area contributed by atoms with Crippen LogP contribution in [0.3, 0.4) is 0 Å². The summed E-state index contributed by atoms with van der Waals surface area (Å²) in [6, 6.07) is 11.1. The molecule has 0 bridgehead atoms. The number of nitro benzene ring substituents is 1. The molecule has 0 N–H and O–H groups in total. The molecule has 0 aliphatic heterocycles. The minimum absolute atomic E-state index is 0.0659. The minimum atomic E-state index is -0.572. The predicted octanol–water partition coefficient (Wildman–Crippen LogP) is 3.61. The molecule has 3 rings (SSSR count). The zero-order valence-electron chi connectivity index (χ0n) is 14.6. The molecule has 7 nitrogen and oxygen atoms in total. The van der Waals surface area contributed by atoms with Gasteiger partial charge in [-0.15, -0.1) is 0 Å². The van der Waals surface area contributed by atoms with Crippen molar-refractivity contribution in [3.63, 3.8) is 0 Å². The number of carbonyl (C=O) groups is 1. The quantitative estimate of drug-likeness (QED) is 0.365. The first kappa shape index (κ1) is 18.5. The number of hydrogen-bond acceptors (Lipinski definition) is 7. The average Bonchev–Trinajstić information content (AvgIpc) is 2.66. The maximum absolute atomic E-state index is 12.6. The van der Waals surface area contributed by atoms with Gasteiger partial charge in [-0.05, 0) is 41.3 Å². The number of nitrogens with zero attached hydrogens (tertiary/aromatic N) is 1. The number of ketones is 1.